The molecule has 1 N–H and O–H groups in total. The smallest absolute Gasteiger partial charge is 0.275 e. The van der Waals surface area contributed by atoms with E-state index in [0.717, 1.165) is 10.1 Å². The summed E-state index contributed by atoms with van der Waals surface area (Å²) in [6.07, 6.45) is -3.07. The average molecular weight is 453 g/mol. The monoisotopic (exact) mass is 453 g/mol. The van der Waals surface area contributed by atoms with Crippen molar-refractivity contribution in [3.8, 4) is 5.69 Å². The molecule has 5 rings (SSSR count). The van der Waals surface area contributed by atoms with E-state index in [1.54, 1.807) is 18.2 Å². The van der Waals surface area contributed by atoms with Crippen LogP contribution >= 0.6 is 0 Å². The van der Waals surface area contributed by atoms with E-state index < -0.39 is 24.1 Å². The van der Waals surface area contributed by atoms with Gasteiger partial charge in [0.2, 0.25) is 11.9 Å². The van der Waals surface area contributed by atoms with Crippen LogP contribution in [-0.2, 0) is 5.60 Å². The number of aromatic nitrogens is 3. The number of hydrogen-bond acceptors (Lipinski definition) is 2. The third kappa shape index (κ3) is 3.38. The highest BCUT2D eigenvalue weighted by molar-refractivity contribution is 5.82. The molecule has 4 nitrogen and oxygen atoms in total. The van der Waals surface area contributed by atoms with E-state index in [2.05, 4.69) is 5.10 Å². The van der Waals surface area contributed by atoms with Crippen molar-refractivity contribution in [2.75, 3.05) is 0 Å². The number of benzene rings is 3. The molecule has 2 unspecified atom stereocenters. The lowest BCUT2D eigenvalue weighted by molar-refractivity contribution is -0.167. The number of rotatable bonds is 5. The van der Waals surface area contributed by atoms with Gasteiger partial charge in [-0.15, -0.1) is 0 Å². The van der Waals surface area contributed by atoms with Gasteiger partial charge in [-0.3, -0.25) is 0 Å². The van der Waals surface area contributed by atoms with Crippen molar-refractivity contribution in [3.05, 3.63) is 96.1 Å². The second-order valence-corrected chi connectivity index (χ2v) is 8.05. The molecule has 2 aromatic heterocycles. The molecule has 5 aromatic rings. The third-order valence-corrected chi connectivity index (χ3v) is 5.92. The molecule has 0 fully saturated rings. The summed E-state index contributed by atoms with van der Waals surface area (Å²) in [5, 5.41) is 16.4. The second kappa shape index (κ2) is 7.74. The molecule has 168 valence electrons. The van der Waals surface area contributed by atoms with Gasteiger partial charge < -0.3 is 9.67 Å². The van der Waals surface area contributed by atoms with Gasteiger partial charge in [0.25, 0.3) is 6.43 Å². The van der Waals surface area contributed by atoms with E-state index in [-0.39, 0.29) is 5.56 Å². The molecule has 0 aliphatic rings. The van der Waals surface area contributed by atoms with E-state index in [9.17, 15) is 18.3 Å². The van der Waals surface area contributed by atoms with Crippen LogP contribution in [-0.4, -0.2) is 25.9 Å². The summed E-state index contributed by atoms with van der Waals surface area (Å²) < 4.78 is 60.0. The van der Waals surface area contributed by atoms with E-state index >= 15 is 4.39 Å². The molecule has 0 spiro atoms. The number of hydrogen-bond donors (Lipinski definition) is 1. The van der Waals surface area contributed by atoms with Crippen LogP contribution in [0.3, 0.4) is 0 Å². The maximum Gasteiger partial charge on any atom is 0.275 e. The first kappa shape index (κ1) is 21.2. The van der Waals surface area contributed by atoms with Crippen molar-refractivity contribution < 1.29 is 22.7 Å². The first-order valence-corrected chi connectivity index (χ1v) is 10.2. The maximum absolute atomic E-state index is 15.7. The number of halogens is 4. The Kier molecular flexibility index (Phi) is 4.97. The zero-order chi connectivity index (χ0) is 23.3. The Hall–Kier alpha value is -3.65. The van der Waals surface area contributed by atoms with E-state index in [1.165, 1.54) is 59.5 Å². The van der Waals surface area contributed by atoms with Crippen molar-refractivity contribution in [1.29, 1.82) is 0 Å². The summed E-state index contributed by atoms with van der Waals surface area (Å²) in [6.45, 7) is 1.82. The number of aryl methyl sites for hydroxylation is 1. The summed E-state index contributed by atoms with van der Waals surface area (Å²) in [4.78, 5) is 0. The third-order valence-electron chi connectivity index (χ3n) is 5.92. The number of nitrogens with zero attached hydrogens (tertiary/aromatic N) is 3. The summed E-state index contributed by atoms with van der Waals surface area (Å²) in [5.41, 5.74) is -1.01. The molecule has 0 aliphatic carbocycles. The molecule has 0 saturated carbocycles. The summed E-state index contributed by atoms with van der Waals surface area (Å²) >= 11 is 0. The van der Waals surface area contributed by atoms with E-state index in [1.807, 2.05) is 13.0 Å². The SMILES string of the molecule is Cc1ccc2ccn(C(F)C(O)(c3ccc4c(cnn4-c4ccc(F)cc4)c3)C(F)F)c2c1. The minimum Gasteiger partial charge on any atom is -0.375 e. The Morgan fingerprint density at radius 2 is 1.64 bits per heavy atom. The van der Waals surface area contributed by atoms with Gasteiger partial charge >= 0.3 is 0 Å². The second-order valence-electron chi connectivity index (χ2n) is 8.05. The van der Waals surface area contributed by atoms with Crippen LogP contribution in [0.15, 0.2) is 79.1 Å². The Morgan fingerprint density at radius 1 is 0.879 bits per heavy atom. The predicted octanol–water partition coefficient (Wildman–Crippen LogP) is 6.05. The van der Waals surface area contributed by atoms with Gasteiger partial charge in [-0.1, -0.05) is 18.2 Å². The van der Waals surface area contributed by atoms with Crippen LogP contribution in [0.1, 0.15) is 17.4 Å². The van der Waals surface area contributed by atoms with Crippen molar-refractivity contribution in [2.24, 2.45) is 0 Å². The van der Waals surface area contributed by atoms with Crippen LogP contribution in [0.5, 0.6) is 0 Å². The van der Waals surface area contributed by atoms with Crippen LogP contribution < -0.4 is 0 Å². The van der Waals surface area contributed by atoms with Crippen molar-refractivity contribution in [3.63, 3.8) is 0 Å². The molecule has 0 saturated heterocycles. The first-order valence-electron chi connectivity index (χ1n) is 10.2. The van der Waals surface area contributed by atoms with E-state index in [0.29, 0.717) is 27.5 Å². The van der Waals surface area contributed by atoms with Crippen LogP contribution in [0.4, 0.5) is 17.6 Å². The molecule has 0 bridgehead atoms. The number of fused-ring (bicyclic) bond motifs is 2. The molecule has 3 aromatic carbocycles. The molecule has 8 heteroatoms. The molecule has 0 amide bonds. The van der Waals surface area contributed by atoms with E-state index in [4.69, 9.17) is 0 Å². The van der Waals surface area contributed by atoms with Crippen molar-refractivity contribution in [2.45, 2.75) is 25.2 Å². The van der Waals surface area contributed by atoms with Crippen molar-refractivity contribution in [1.82, 2.24) is 14.3 Å². The zero-order valence-corrected chi connectivity index (χ0v) is 17.5. The molecular formula is C25H19F4N3O. The topological polar surface area (TPSA) is 43.0 Å². The molecular weight excluding hydrogens is 434 g/mol. The lowest BCUT2D eigenvalue weighted by atomic mass is 9.91. The van der Waals surface area contributed by atoms with Gasteiger partial charge in [-0.05, 0) is 72.0 Å². The highest BCUT2D eigenvalue weighted by atomic mass is 19.3. The fraction of sp³-hybridized carbons (Fsp3) is 0.160. The molecule has 0 aliphatic heterocycles. The summed E-state index contributed by atoms with van der Waals surface area (Å²) in [6, 6.07) is 16.6. The van der Waals surface area contributed by atoms with Crippen LogP contribution in [0.2, 0.25) is 0 Å². The fourth-order valence-corrected chi connectivity index (χ4v) is 4.11. The number of alkyl halides is 3. The van der Waals surface area contributed by atoms with Gasteiger partial charge in [-0.2, -0.15) is 5.10 Å². The minimum atomic E-state index is -3.40. The molecule has 2 atom stereocenters. The largest absolute Gasteiger partial charge is 0.375 e. The minimum absolute atomic E-state index is 0.273. The average Bonchev–Trinajstić information content (AvgIpc) is 3.42. The number of aliphatic hydroxyl groups is 1. The molecule has 0 radical (unpaired) electrons. The maximum atomic E-state index is 15.7. The summed E-state index contributed by atoms with van der Waals surface area (Å²) in [7, 11) is 0. The van der Waals surface area contributed by atoms with Gasteiger partial charge in [0.15, 0.2) is 0 Å². The highest BCUT2D eigenvalue weighted by Gasteiger charge is 2.49. The normalized spacial score (nSPS) is 14.8. The Bertz CT molecular complexity index is 1460. The van der Waals surface area contributed by atoms with Crippen LogP contribution in [0, 0.1) is 12.7 Å². The molecule has 2 heterocycles. The lowest BCUT2D eigenvalue weighted by Gasteiger charge is -2.32. The Balaban J connectivity index is 1.60. The quantitative estimate of drug-likeness (QED) is 0.329. The van der Waals surface area contributed by atoms with Crippen molar-refractivity contribution >= 4 is 21.8 Å². The Morgan fingerprint density at radius 3 is 2.36 bits per heavy atom. The van der Waals surface area contributed by atoms with Gasteiger partial charge in [0.05, 0.1) is 22.9 Å². The molecule has 33 heavy (non-hydrogen) atoms. The highest BCUT2D eigenvalue weighted by Crippen LogP contribution is 2.42. The van der Waals surface area contributed by atoms with Gasteiger partial charge in [0.1, 0.15) is 5.82 Å². The van der Waals surface area contributed by atoms with Crippen LogP contribution in [0.25, 0.3) is 27.5 Å². The summed E-state index contributed by atoms with van der Waals surface area (Å²) in [5.74, 6) is -0.402. The lowest BCUT2D eigenvalue weighted by Crippen LogP contribution is -2.41. The Labute approximate surface area is 186 Å². The zero-order valence-electron chi connectivity index (χ0n) is 17.5. The van der Waals surface area contributed by atoms with Gasteiger partial charge in [0, 0.05) is 11.6 Å². The first-order chi connectivity index (χ1) is 15.8. The fourth-order valence-electron chi connectivity index (χ4n) is 4.11. The standard InChI is InChI=1S/C25H19F4N3O/c1-15-2-3-16-10-11-31(22(16)12-15)24(29)25(33,23(27)28)18-4-9-21-17(13-18)14-30-32(21)20-7-5-19(26)6-8-20/h2-14,23-24,33H,1H3. The van der Waals surface area contributed by atoms with Gasteiger partial charge in [-0.25, -0.2) is 22.2 Å². The predicted molar refractivity (Wildman–Crippen MR) is 118 cm³/mol.